The number of benzene rings is 1. The van der Waals surface area contributed by atoms with Crippen molar-refractivity contribution < 1.29 is 4.74 Å². The van der Waals surface area contributed by atoms with Crippen LogP contribution in [-0.4, -0.2) is 18.7 Å². The highest BCUT2D eigenvalue weighted by atomic mass is 16.5. The molecule has 1 rings (SSSR count). The maximum atomic E-state index is 5.66. The smallest absolute Gasteiger partial charge is 0.119 e. The minimum Gasteiger partial charge on any atom is -0.492 e. The zero-order valence-corrected chi connectivity index (χ0v) is 10.1. The Balaban J connectivity index is 2.33. The van der Waals surface area contributed by atoms with Gasteiger partial charge in [-0.1, -0.05) is 31.5 Å². The van der Waals surface area contributed by atoms with Gasteiger partial charge in [-0.2, -0.15) is 0 Å². The van der Waals surface area contributed by atoms with Gasteiger partial charge in [-0.15, -0.1) is 0 Å². The van der Waals surface area contributed by atoms with Gasteiger partial charge in [0.05, 0.1) is 0 Å². The largest absolute Gasteiger partial charge is 0.492 e. The van der Waals surface area contributed by atoms with E-state index >= 15 is 0 Å². The topological polar surface area (TPSA) is 21.3 Å². The van der Waals surface area contributed by atoms with Gasteiger partial charge in [-0.05, 0) is 26.0 Å². The Kier molecular flexibility index (Phi) is 4.63. The Morgan fingerprint density at radius 2 is 1.73 bits per heavy atom. The molecule has 1 aromatic carbocycles. The summed E-state index contributed by atoms with van der Waals surface area (Å²) in [5.41, 5.74) is 1.26. The molecular formula is C13H21NO. The zero-order chi connectivity index (χ0) is 11.3. The van der Waals surface area contributed by atoms with Crippen LogP contribution in [0.5, 0.6) is 5.75 Å². The average Bonchev–Trinajstić information content (AvgIpc) is 2.16. The van der Waals surface area contributed by atoms with Crippen molar-refractivity contribution in [3.63, 3.8) is 0 Å². The van der Waals surface area contributed by atoms with Gasteiger partial charge in [0.2, 0.25) is 0 Å². The van der Waals surface area contributed by atoms with Crippen molar-refractivity contribution in [2.45, 2.75) is 39.8 Å². The summed E-state index contributed by atoms with van der Waals surface area (Å²) in [6, 6.07) is 9.04. The van der Waals surface area contributed by atoms with Gasteiger partial charge in [0.15, 0.2) is 0 Å². The van der Waals surface area contributed by atoms with Gasteiger partial charge in [-0.25, -0.2) is 0 Å². The molecule has 0 spiro atoms. The lowest BCUT2D eigenvalue weighted by Crippen LogP contribution is -2.36. The van der Waals surface area contributed by atoms with Crippen LogP contribution in [-0.2, 0) is 0 Å². The predicted octanol–water partition coefficient (Wildman–Crippen LogP) is 2.76. The van der Waals surface area contributed by atoms with Gasteiger partial charge < -0.3 is 10.1 Å². The first kappa shape index (κ1) is 12.1. The molecule has 1 atom stereocenters. The van der Waals surface area contributed by atoms with Crippen LogP contribution in [0.3, 0.4) is 0 Å². The molecule has 0 radical (unpaired) electrons. The minimum absolute atomic E-state index is 0.381. The molecule has 15 heavy (non-hydrogen) atoms. The normalized spacial score (nSPS) is 12.9. The van der Waals surface area contributed by atoms with Crippen LogP contribution in [0.25, 0.3) is 0 Å². The highest BCUT2D eigenvalue weighted by molar-refractivity contribution is 5.26. The molecule has 0 saturated heterocycles. The number of rotatable bonds is 5. The highest BCUT2D eigenvalue weighted by Crippen LogP contribution is 2.11. The molecule has 0 aliphatic rings. The molecule has 1 aromatic rings. The first-order valence-corrected chi connectivity index (χ1v) is 5.53. The van der Waals surface area contributed by atoms with Gasteiger partial charge in [0, 0.05) is 12.1 Å². The Labute approximate surface area is 92.6 Å². The Morgan fingerprint density at radius 3 is 2.27 bits per heavy atom. The fourth-order valence-electron chi connectivity index (χ4n) is 1.47. The second-order valence-electron chi connectivity index (χ2n) is 4.35. The third-order valence-corrected chi connectivity index (χ3v) is 2.14. The molecule has 0 heterocycles. The summed E-state index contributed by atoms with van der Waals surface area (Å²) in [4.78, 5) is 0. The molecule has 1 N–H and O–H groups in total. The summed E-state index contributed by atoms with van der Waals surface area (Å²) in [5.74, 6) is 0.943. The first-order valence-electron chi connectivity index (χ1n) is 5.53. The average molecular weight is 207 g/mol. The van der Waals surface area contributed by atoms with Crippen LogP contribution >= 0.6 is 0 Å². The summed E-state index contributed by atoms with van der Waals surface area (Å²) >= 11 is 0. The molecule has 0 aromatic heterocycles. The quantitative estimate of drug-likeness (QED) is 0.801. The van der Waals surface area contributed by atoms with Crippen LogP contribution in [0.2, 0.25) is 0 Å². The molecule has 0 fully saturated rings. The fourth-order valence-corrected chi connectivity index (χ4v) is 1.47. The van der Waals surface area contributed by atoms with Crippen molar-refractivity contribution >= 4 is 0 Å². The van der Waals surface area contributed by atoms with Crippen molar-refractivity contribution in [1.29, 1.82) is 0 Å². The molecule has 1 unspecified atom stereocenters. The summed E-state index contributed by atoms with van der Waals surface area (Å²) in [5, 5.41) is 3.40. The molecule has 2 nitrogen and oxygen atoms in total. The minimum atomic E-state index is 0.381. The van der Waals surface area contributed by atoms with Crippen LogP contribution in [0.4, 0.5) is 0 Å². The van der Waals surface area contributed by atoms with E-state index in [9.17, 15) is 0 Å². The van der Waals surface area contributed by atoms with E-state index in [-0.39, 0.29) is 0 Å². The SMILES string of the molecule is Cc1ccc(OCC(C)NC(C)C)cc1. The molecule has 0 amide bonds. The second-order valence-corrected chi connectivity index (χ2v) is 4.35. The third-order valence-electron chi connectivity index (χ3n) is 2.14. The summed E-state index contributed by atoms with van der Waals surface area (Å²) in [6.45, 7) is 9.20. The van der Waals surface area contributed by atoms with E-state index in [4.69, 9.17) is 4.74 Å². The summed E-state index contributed by atoms with van der Waals surface area (Å²) < 4.78 is 5.66. The van der Waals surface area contributed by atoms with Gasteiger partial charge in [-0.3, -0.25) is 0 Å². The number of nitrogens with one attached hydrogen (secondary N) is 1. The van der Waals surface area contributed by atoms with Gasteiger partial charge in [0.1, 0.15) is 12.4 Å². The number of hydrogen-bond acceptors (Lipinski definition) is 2. The maximum Gasteiger partial charge on any atom is 0.119 e. The summed E-state index contributed by atoms with van der Waals surface area (Å²) in [6.07, 6.45) is 0. The van der Waals surface area contributed by atoms with E-state index in [0.29, 0.717) is 18.7 Å². The van der Waals surface area contributed by atoms with Crippen molar-refractivity contribution in [1.82, 2.24) is 5.32 Å². The molecular weight excluding hydrogens is 186 g/mol. The molecule has 2 heteroatoms. The standard InChI is InChI=1S/C13H21NO/c1-10(2)14-12(4)9-15-13-7-5-11(3)6-8-13/h5-8,10,12,14H,9H2,1-4H3. The lowest BCUT2D eigenvalue weighted by molar-refractivity contribution is 0.266. The first-order chi connectivity index (χ1) is 7.08. The monoisotopic (exact) mass is 207 g/mol. The van der Waals surface area contributed by atoms with E-state index in [1.807, 2.05) is 12.1 Å². The number of ether oxygens (including phenoxy) is 1. The number of aryl methyl sites for hydroxylation is 1. The van der Waals surface area contributed by atoms with E-state index in [0.717, 1.165) is 5.75 Å². The Morgan fingerprint density at radius 1 is 1.13 bits per heavy atom. The van der Waals surface area contributed by atoms with Gasteiger partial charge >= 0.3 is 0 Å². The molecule has 0 aliphatic heterocycles. The Bertz CT molecular complexity index is 279. The maximum absolute atomic E-state index is 5.66. The van der Waals surface area contributed by atoms with Crippen molar-refractivity contribution in [2.24, 2.45) is 0 Å². The fraction of sp³-hybridized carbons (Fsp3) is 0.538. The van der Waals surface area contributed by atoms with E-state index in [1.54, 1.807) is 0 Å². The number of hydrogen-bond donors (Lipinski definition) is 1. The lowest BCUT2D eigenvalue weighted by Gasteiger charge is -2.17. The molecule has 0 aliphatic carbocycles. The van der Waals surface area contributed by atoms with Gasteiger partial charge in [0.25, 0.3) is 0 Å². The van der Waals surface area contributed by atoms with Crippen LogP contribution in [0.1, 0.15) is 26.3 Å². The van der Waals surface area contributed by atoms with E-state index in [2.05, 4.69) is 45.1 Å². The molecule has 84 valence electrons. The van der Waals surface area contributed by atoms with Crippen LogP contribution in [0, 0.1) is 6.92 Å². The second kappa shape index (κ2) is 5.76. The van der Waals surface area contributed by atoms with Crippen molar-refractivity contribution in [2.75, 3.05) is 6.61 Å². The van der Waals surface area contributed by atoms with E-state index < -0.39 is 0 Å². The Hall–Kier alpha value is -1.02. The molecule has 0 saturated carbocycles. The molecule has 0 bridgehead atoms. The predicted molar refractivity (Wildman–Crippen MR) is 64.4 cm³/mol. The highest BCUT2D eigenvalue weighted by Gasteiger charge is 2.03. The van der Waals surface area contributed by atoms with Crippen LogP contribution < -0.4 is 10.1 Å². The van der Waals surface area contributed by atoms with Crippen molar-refractivity contribution in [3.8, 4) is 5.75 Å². The van der Waals surface area contributed by atoms with Crippen molar-refractivity contribution in [3.05, 3.63) is 29.8 Å². The zero-order valence-electron chi connectivity index (χ0n) is 10.1. The van der Waals surface area contributed by atoms with E-state index in [1.165, 1.54) is 5.56 Å². The van der Waals surface area contributed by atoms with Crippen LogP contribution in [0.15, 0.2) is 24.3 Å². The third kappa shape index (κ3) is 4.84. The summed E-state index contributed by atoms with van der Waals surface area (Å²) in [7, 11) is 0. The lowest BCUT2D eigenvalue weighted by atomic mass is 10.2.